The molecule has 0 aliphatic carbocycles. The smallest absolute Gasteiger partial charge is 0.327 e. The normalized spacial score (nSPS) is 27.3. The van der Waals surface area contributed by atoms with Gasteiger partial charge in [0.15, 0.2) is 0 Å². The summed E-state index contributed by atoms with van der Waals surface area (Å²) < 4.78 is 5.12. The number of carbonyl (C=O) groups is 1. The Morgan fingerprint density at radius 2 is 2.27 bits per heavy atom. The fourth-order valence-corrected chi connectivity index (χ4v) is 2.02. The molecule has 0 aromatic heterocycles. The van der Waals surface area contributed by atoms with Crippen LogP contribution in [0, 0.1) is 0 Å². The molecule has 0 saturated carbocycles. The maximum absolute atomic E-state index is 11.9. The summed E-state index contributed by atoms with van der Waals surface area (Å²) in [6.45, 7) is 8.30. The highest BCUT2D eigenvalue weighted by Gasteiger charge is 2.45. The van der Waals surface area contributed by atoms with Crippen molar-refractivity contribution in [1.29, 1.82) is 0 Å². The van der Waals surface area contributed by atoms with Gasteiger partial charge in [0.1, 0.15) is 5.54 Å². The molecule has 15 heavy (non-hydrogen) atoms. The van der Waals surface area contributed by atoms with Gasteiger partial charge in [-0.05, 0) is 34.2 Å². The lowest BCUT2D eigenvalue weighted by atomic mass is 9.99. The summed E-state index contributed by atoms with van der Waals surface area (Å²) in [6, 6.07) is 0.481. The van der Waals surface area contributed by atoms with Crippen LogP contribution >= 0.6 is 0 Å². The fraction of sp³-hybridized carbons (Fsp3) is 0.909. The Hall–Kier alpha value is -0.610. The van der Waals surface area contributed by atoms with Crippen LogP contribution in [0.2, 0.25) is 0 Å². The third-order valence-electron chi connectivity index (χ3n) is 3.17. The number of nitrogens with zero attached hydrogens (tertiary/aromatic N) is 1. The molecule has 1 N–H and O–H groups in total. The second kappa shape index (κ2) is 4.94. The second-order valence-corrected chi connectivity index (χ2v) is 4.37. The summed E-state index contributed by atoms with van der Waals surface area (Å²) in [5, 5.41) is 3.13. The van der Waals surface area contributed by atoms with Crippen molar-refractivity contribution in [1.82, 2.24) is 10.2 Å². The third kappa shape index (κ3) is 2.49. The van der Waals surface area contributed by atoms with Crippen LogP contribution in [0.4, 0.5) is 0 Å². The van der Waals surface area contributed by atoms with Crippen molar-refractivity contribution < 1.29 is 9.53 Å². The molecule has 0 aromatic carbocycles. The molecule has 1 rings (SSSR count). The van der Waals surface area contributed by atoms with E-state index in [0.717, 1.165) is 19.5 Å². The van der Waals surface area contributed by atoms with E-state index in [1.54, 1.807) is 0 Å². The van der Waals surface area contributed by atoms with Crippen LogP contribution in [0.15, 0.2) is 0 Å². The molecular weight excluding hydrogens is 192 g/mol. The SMILES string of the molecule is CCOC(=O)C1(NC)CCN(C(C)C)C1. The topological polar surface area (TPSA) is 41.6 Å². The predicted molar refractivity (Wildman–Crippen MR) is 59.7 cm³/mol. The van der Waals surface area contributed by atoms with E-state index in [1.807, 2.05) is 14.0 Å². The molecule has 0 amide bonds. The molecule has 0 aromatic rings. The van der Waals surface area contributed by atoms with Crippen molar-refractivity contribution in [3.63, 3.8) is 0 Å². The molecule has 1 aliphatic heterocycles. The number of hydrogen-bond acceptors (Lipinski definition) is 4. The molecule has 4 nitrogen and oxygen atoms in total. The van der Waals surface area contributed by atoms with Crippen LogP contribution in [0.3, 0.4) is 0 Å². The summed E-state index contributed by atoms with van der Waals surface area (Å²) in [5.41, 5.74) is -0.486. The van der Waals surface area contributed by atoms with Gasteiger partial charge in [-0.1, -0.05) is 0 Å². The van der Waals surface area contributed by atoms with E-state index in [4.69, 9.17) is 4.74 Å². The quantitative estimate of drug-likeness (QED) is 0.697. The highest BCUT2D eigenvalue weighted by molar-refractivity contribution is 5.81. The van der Waals surface area contributed by atoms with Crippen LogP contribution in [0.1, 0.15) is 27.2 Å². The summed E-state index contributed by atoms with van der Waals surface area (Å²) in [7, 11) is 1.83. The van der Waals surface area contributed by atoms with Crippen molar-refractivity contribution in [3.05, 3.63) is 0 Å². The number of likely N-dealkylation sites (N-methyl/N-ethyl adjacent to an activating group) is 1. The van der Waals surface area contributed by atoms with Crippen LogP contribution in [-0.4, -0.2) is 49.2 Å². The Morgan fingerprint density at radius 3 is 2.67 bits per heavy atom. The minimum absolute atomic E-state index is 0.115. The zero-order valence-corrected chi connectivity index (χ0v) is 10.2. The highest BCUT2D eigenvalue weighted by Crippen LogP contribution is 2.24. The van der Waals surface area contributed by atoms with Gasteiger partial charge in [-0.3, -0.25) is 4.90 Å². The monoisotopic (exact) mass is 214 g/mol. The molecule has 1 fully saturated rings. The van der Waals surface area contributed by atoms with Gasteiger partial charge in [0.2, 0.25) is 0 Å². The number of nitrogens with one attached hydrogen (secondary N) is 1. The van der Waals surface area contributed by atoms with Crippen LogP contribution in [0.5, 0.6) is 0 Å². The lowest BCUT2D eigenvalue weighted by Gasteiger charge is -2.27. The minimum atomic E-state index is -0.486. The minimum Gasteiger partial charge on any atom is -0.465 e. The van der Waals surface area contributed by atoms with E-state index in [-0.39, 0.29) is 5.97 Å². The Balaban J connectivity index is 2.68. The molecule has 1 unspecified atom stereocenters. The largest absolute Gasteiger partial charge is 0.465 e. The van der Waals surface area contributed by atoms with E-state index in [0.29, 0.717) is 12.6 Å². The van der Waals surface area contributed by atoms with Gasteiger partial charge in [-0.25, -0.2) is 4.79 Å². The van der Waals surface area contributed by atoms with E-state index in [9.17, 15) is 4.79 Å². The average Bonchev–Trinajstić information content (AvgIpc) is 2.63. The summed E-state index contributed by atoms with van der Waals surface area (Å²) in [4.78, 5) is 14.2. The van der Waals surface area contributed by atoms with E-state index in [2.05, 4.69) is 24.1 Å². The summed E-state index contributed by atoms with van der Waals surface area (Å²) in [5.74, 6) is -0.115. The molecule has 0 radical (unpaired) electrons. The zero-order valence-electron chi connectivity index (χ0n) is 10.2. The zero-order chi connectivity index (χ0) is 11.5. The van der Waals surface area contributed by atoms with Crippen LogP contribution < -0.4 is 5.32 Å². The molecular formula is C11H22N2O2. The Labute approximate surface area is 92.0 Å². The van der Waals surface area contributed by atoms with E-state index in [1.165, 1.54) is 0 Å². The van der Waals surface area contributed by atoms with E-state index >= 15 is 0 Å². The molecule has 88 valence electrons. The lowest BCUT2D eigenvalue weighted by Crippen LogP contribution is -2.53. The van der Waals surface area contributed by atoms with Gasteiger partial charge in [-0.2, -0.15) is 0 Å². The molecule has 1 saturated heterocycles. The fourth-order valence-electron chi connectivity index (χ4n) is 2.02. The number of rotatable bonds is 4. The van der Waals surface area contributed by atoms with Gasteiger partial charge < -0.3 is 10.1 Å². The number of esters is 1. The Bertz CT molecular complexity index is 231. The highest BCUT2D eigenvalue weighted by atomic mass is 16.5. The Kier molecular flexibility index (Phi) is 4.11. The van der Waals surface area contributed by atoms with Crippen LogP contribution in [-0.2, 0) is 9.53 Å². The third-order valence-corrected chi connectivity index (χ3v) is 3.17. The first kappa shape index (κ1) is 12.5. The molecule has 0 bridgehead atoms. The van der Waals surface area contributed by atoms with Crippen LogP contribution in [0.25, 0.3) is 0 Å². The van der Waals surface area contributed by atoms with Crippen molar-refractivity contribution in [2.75, 3.05) is 26.7 Å². The predicted octanol–water partition coefficient (Wildman–Crippen LogP) is 0.622. The van der Waals surface area contributed by atoms with Gasteiger partial charge in [0, 0.05) is 19.1 Å². The first-order valence-electron chi connectivity index (χ1n) is 5.66. The molecule has 1 aliphatic rings. The van der Waals surface area contributed by atoms with Crippen molar-refractivity contribution in [2.45, 2.75) is 38.8 Å². The molecule has 1 atom stereocenters. The lowest BCUT2D eigenvalue weighted by molar-refractivity contribution is -0.150. The summed E-state index contributed by atoms with van der Waals surface area (Å²) in [6.07, 6.45) is 0.834. The van der Waals surface area contributed by atoms with Gasteiger partial charge in [0.25, 0.3) is 0 Å². The first-order valence-corrected chi connectivity index (χ1v) is 5.66. The van der Waals surface area contributed by atoms with Gasteiger partial charge in [-0.15, -0.1) is 0 Å². The number of hydrogen-bond donors (Lipinski definition) is 1. The Morgan fingerprint density at radius 1 is 1.60 bits per heavy atom. The maximum Gasteiger partial charge on any atom is 0.327 e. The summed E-state index contributed by atoms with van der Waals surface area (Å²) >= 11 is 0. The number of likely N-dealkylation sites (tertiary alicyclic amines) is 1. The first-order chi connectivity index (χ1) is 7.05. The van der Waals surface area contributed by atoms with Crippen molar-refractivity contribution in [3.8, 4) is 0 Å². The van der Waals surface area contributed by atoms with E-state index < -0.39 is 5.54 Å². The number of ether oxygens (including phenoxy) is 1. The average molecular weight is 214 g/mol. The van der Waals surface area contributed by atoms with Crippen molar-refractivity contribution in [2.24, 2.45) is 0 Å². The molecule has 0 spiro atoms. The number of carbonyl (C=O) groups excluding carboxylic acids is 1. The van der Waals surface area contributed by atoms with Gasteiger partial charge in [0.05, 0.1) is 6.61 Å². The standard InChI is InChI=1S/C11H22N2O2/c1-5-15-10(14)11(12-4)6-7-13(8-11)9(2)3/h9,12H,5-8H2,1-4H3. The van der Waals surface area contributed by atoms with Crippen molar-refractivity contribution >= 4 is 5.97 Å². The maximum atomic E-state index is 11.9. The molecule has 1 heterocycles. The second-order valence-electron chi connectivity index (χ2n) is 4.37. The van der Waals surface area contributed by atoms with Gasteiger partial charge >= 0.3 is 5.97 Å². The molecule has 4 heteroatoms.